The number of rotatable bonds is 63. The van der Waals surface area contributed by atoms with Crippen LogP contribution in [-0.2, 0) is 14.3 Å². The van der Waals surface area contributed by atoms with Crippen LogP contribution in [0.15, 0.2) is 12.2 Å². The van der Waals surface area contributed by atoms with E-state index >= 15 is 0 Å². The summed E-state index contributed by atoms with van der Waals surface area (Å²) in [6.45, 7) is 4.97. The maximum absolute atomic E-state index is 12.5. The molecule has 0 fully saturated rings. The van der Waals surface area contributed by atoms with Gasteiger partial charge in [0, 0.05) is 12.8 Å². The van der Waals surface area contributed by atoms with Crippen molar-refractivity contribution in [2.75, 3.05) is 13.2 Å². The molecule has 0 aromatic carbocycles. The van der Waals surface area contributed by atoms with Crippen LogP contribution in [0.4, 0.5) is 0 Å². The van der Waals surface area contributed by atoms with Gasteiger partial charge < -0.3 is 20.3 Å². The molecule has 0 rings (SSSR count). The van der Waals surface area contributed by atoms with Gasteiger partial charge in [0.1, 0.15) is 0 Å². The van der Waals surface area contributed by atoms with Crippen molar-refractivity contribution in [2.24, 2.45) is 0 Å². The lowest BCUT2D eigenvalue weighted by molar-refractivity contribution is -0.143. The molecule has 0 aromatic rings. The Hall–Kier alpha value is -1.40. The highest BCUT2D eigenvalue weighted by Gasteiger charge is 2.20. The quantitative estimate of drug-likeness (QED) is 0.0320. The maximum atomic E-state index is 12.5. The minimum absolute atomic E-state index is 0.0203. The van der Waals surface area contributed by atoms with Gasteiger partial charge in [0.2, 0.25) is 5.91 Å². The summed E-state index contributed by atoms with van der Waals surface area (Å²) in [7, 11) is 0. The van der Waals surface area contributed by atoms with Gasteiger partial charge in [-0.1, -0.05) is 328 Å². The third kappa shape index (κ3) is 59.7. The Morgan fingerprint density at radius 1 is 0.370 bits per heavy atom. The number of aliphatic hydroxyl groups is 2. The predicted molar refractivity (Wildman–Crippen MR) is 320 cm³/mol. The van der Waals surface area contributed by atoms with Crippen LogP contribution in [0.25, 0.3) is 0 Å². The number of carbonyl (C=O) groups is 2. The Bertz CT molecular complexity index is 1100. The van der Waals surface area contributed by atoms with Gasteiger partial charge in [-0.2, -0.15) is 0 Å². The molecule has 2 atom stereocenters. The summed E-state index contributed by atoms with van der Waals surface area (Å²) in [5, 5.41) is 23.2. The molecule has 434 valence electrons. The van der Waals surface area contributed by atoms with E-state index < -0.39 is 12.1 Å². The van der Waals surface area contributed by atoms with Crippen molar-refractivity contribution >= 4 is 11.9 Å². The molecular weight excluding hydrogens is 899 g/mol. The van der Waals surface area contributed by atoms with Crippen molar-refractivity contribution in [3.63, 3.8) is 0 Å². The van der Waals surface area contributed by atoms with Crippen molar-refractivity contribution in [1.29, 1.82) is 0 Å². The standard InChI is InChI=1S/C67H131NO5/c1-3-5-7-9-11-13-15-36-41-45-49-53-57-61-67(72)73-62-58-54-50-46-42-38-35-33-31-29-27-25-23-21-19-17-16-18-20-22-24-26-28-30-32-34-37-40-44-48-52-56-60-66(71)68-64(63-69)65(70)59-55-51-47-43-39-14-12-10-8-6-4-2/h19,21,64-65,69-70H,3-18,20,22-63H2,1-2H3,(H,68,71)/b21-19-. The Kier molecular flexibility index (Phi) is 61.9. The van der Waals surface area contributed by atoms with Gasteiger partial charge in [-0.05, 0) is 51.4 Å². The van der Waals surface area contributed by atoms with Gasteiger partial charge >= 0.3 is 5.97 Å². The minimum Gasteiger partial charge on any atom is -0.466 e. The highest BCUT2D eigenvalue weighted by Crippen LogP contribution is 2.18. The van der Waals surface area contributed by atoms with Crippen LogP contribution in [0.1, 0.15) is 380 Å². The molecule has 6 nitrogen and oxygen atoms in total. The number of carbonyl (C=O) groups excluding carboxylic acids is 2. The van der Waals surface area contributed by atoms with Crippen molar-refractivity contribution in [1.82, 2.24) is 5.32 Å². The number of nitrogens with one attached hydrogen (secondary N) is 1. The minimum atomic E-state index is -0.660. The molecule has 0 aliphatic heterocycles. The molecule has 0 heterocycles. The van der Waals surface area contributed by atoms with Crippen LogP contribution in [0.3, 0.4) is 0 Å². The van der Waals surface area contributed by atoms with Gasteiger partial charge in [-0.25, -0.2) is 0 Å². The molecular formula is C67H131NO5. The fraction of sp³-hybridized carbons (Fsp3) is 0.940. The van der Waals surface area contributed by atoms with Crippen LogP contribution in [0.5, 0.6) is 0 Å². The zero-order chi connectivity index (χ0) is 52.9. The van der Waals surface area contributed by atoms with Crippen LogP contribution >= 0.6 is 0 Å². The summed E-state index contributed by atoms with van der Waals surface area (Å²) in [4.78, 5) is 24.5. The highest BCUT2D eigenvalue weighted by atomic mass is 16.5. The Morgan fingerprint density at radius 3 is 0.973 bits per heavy atom. The first kappa shape index (κ1) is 71.6. The van der Waals surface area contributed by atoms with E-state index in [0.29, 0.717) is 25.9 Å². The average Bonchev–Trinajstić information content (AvgIpc) is 3.39. The first-order chi connectivity index (χ1) is 36.0. The summed E-state index contributed by atoms with van der Waals surface area (Å²) >= 11 is 0. The van der Waals surface area contributed by atoms with E-state index in [1.807, 2.05) is 0 Å². The summed E-state index contributed by atoms with van der Waals surface area (Å²) < 4.78 is 5.49. The molecule has 73 heavy (non-hydrogen) atoms. The van der Waals surface area contributed by atoms with Gasteiger partial charge in [0.05, 0.1) is 25.4 Å². The van der Waals surface area contributed by atoms with Crippen molar-refractivity contribution in [2.45, 2.75) is 392 Å². The van der Waals surface area contributed by atoms with Crippen LogP contribution in [0, 0.1) is 0 Å². The molecule has 0 radical (unpaired) electrons. The summed E-state index contributed by atoms with van der Waals surface area (Å²) in [6, 6.07) is -0.537. The first-order valence-corrected chi connectivity index (χ1v) is 33.4. The third-order valence-electron chi connectivity index (χ3n) is 15.8. The SMILES string of the molecule is CCCCCCCCCCCCCCCC(=O)OCCCCCCCCCCCCCC/C=C\CCCCCCCCCCCCCCCCCCC(=O)NC(CO)C(O)CCCCCCCCCCCCC. The number of allylic oxidation sites excluding steroid dienone is 2. The van der Waals surface area contributed by atoms with Gasteiger partial charge in [0.15, 0.2) is 0 Å². The molecule has 6 heteroatoms. The summed E-state index contributed by atoms with van der Waals surface area (Å²) in [5.74, 6) is -0.0110. The Labute approximate surface area is 457 Å². The average molecular weight is 1030 g/mol. The third-order valence-corrected chi connectivity index (χ3v) is 15.8. The van der Waals surface area contributed by atoms with Crippen molar-refractivity contribution < 1.29 is 24.5 Å². The number of ether oxygens (including phenoxy) is 1. The summed E-state index contributed by atoms with van der Waals surface area (Å²) in [5.41, 5.74) is 0. The topological polar surface area (TPSA) is 95.9 Å². The van der Waals surface area contributed by atoms with Gasteiger partial charge in [-0.3, -0.25) is 9.59 Å². The molecule has 0 spiro atoms. The number of hydrogen-bond acceptors (Lipinski definition) is 5. The first-order valence-electron chi connectivity index (χ1n) is 33.4. The number of esters is 1. The number of amides is 1. The van der Waals surface area contributed by atoms with E-state index in [0.717, 1.165) is 38.5 Å². The Morgan fingerprint density at radius 2 is 0.644 bits per heavy atom. The number of hydrogen-bond donors (Lipinski definition) is 3. The van der Waals surface area contributed by atoms with Crippen molar-refractivity contribution in [3.05, 3.63) is 12.2 Å². The fourth-order valence-electron chi connectivity index (χ4n) is 10.7. The zero-order valence-electron chi connectivity index (χ0n) is 49.6. The normalized spacial score (nSPS) is 12.5. The van der Waals surface area contributed by atoms with Gasteiger partial charge in [0.25, 0.3) is 0 Å². The lowest BCUT2D eigenvalue weighted by atomic mass is 10.0. The second-order valence-electron chi connectivity index (χ2n) is 23.2. The molecule has 3 N–H and O–H groups in total. The van der Waals surface area contributed by atoms with Crippen LogP contribution in [0.2, 0.25) is 0 Å². The predicted octanol–water partition coefficient (Wildman–Crippen LogP) is 21.2. The van der Waals surface area contributed by atoms with E-state index in [2.05, 4.69) is 31.3 Å². The Balaban J connectivity index is 3.32. The second kappa shape index (κ2) is 63.1. The second-order valence-corrected chi connectivity index (χ2v) is 23.2. The molecule has 0 aliphatic carbocycles. The van der Waals surface area contributed by atoms with Crippen LogP contribution in [-0.4, -0.2) is 47.4 Å². The van der Waals surface area contributed by atoms with Crippen molar-refractivity contribution in [3.8, 4) is 0 Å². The molecule has 0 saturated carbocycles. The smallest absolute Gasteiger partial charge is 0.305 e. The fourth-order valence-corrected chi connectivity index (χ4v) is 10.7. The number of unbranched alkanes of at least 4 members (excludes halogenated alkanes) is 50. The molecule has 0 bridgehead atoms. The number of aliphatic hydroxyl groups excluding tert-OH is 2. The summed E-state index contributed by atoms with van der Waals surface area (Å²) in [6.07, 6.45) is 76.9. The zero-order valence-corrected chi connectivity index (χ0v) is 49.6. The maximum Gasteiger partial charge on any atom is 0.305 e. The van der Waals surface area contributed by atoms with E-state index in [-0.39, 0.29) is 18.5 Å². The molecule has 2 unspecified atom stereocenters. The monoisotopic (exact) mass is 1030 g/mol. The largest absolute Gasteiger partial charge is 0.466 e. The molecule has 1 amide bonds. The lowest BCUT2D eigenvalue weighted by Gasteiger charge is -2.22. The molecule has 0 aromatic heterocycles. The van der Waals surface area contributed by atoms with E-state index in [1.54, 1.807) is 0 Å². The van der Waals surface area contributed by atoms with E-state index in [1.165, 1.54) is 308 Å². The lowest BCUT2D eigenvalue weighted by Crippen LogP contribution is -2.45. The van der Waals surface area contributed by atoms with E-state index in [9.17, 15) is 19.8 Å². The van der Waals surface area contributed by atoms with Gasteiger partial charge in [-0.15, -0.1) is 0 Å². The highest BCUT2D eigenvalue weighted by molar-refractivity contribution is 5.76. The van der Waals surface area contributed by atoms with E-state index in [4.69, 9.17) is 4.74 Å². The van der Waals surface area contributed by atoms with Crippen LogP contribution < -0.4 is 5.32 Å². The molecule has 0 aliphatic rings. The molecule has 0 saturated heterocycles.